The van der Waals surface area contributed by atoms with Gasteiger partial charge in [0.25, 0.3) is 0 Å². The molecule has 9 N–H and O–H groups in total. The fourth-order valence-electron chi connectivity index (χ4n) is 14.7. The standard InChI is InChI=1S/C32H34ClN5O3.C30H34ClN5O3.C28H40ClN5O3/c1-38(20-29(39)35-26-8-4-5-9-26)32-27(18-30(40)41)31(33)36-28(37-32)17-21-11-14-25(15-12-21)34-19-22-10-13-23-6-2-3-7-24(23)16-22;1-36(20-27(37)33-24-11-5-6-12-24)30-25(19-28(38)39)29(31)34-26(35-30)18-22-13-15-23(16-14-22)32-17-7-10-21-8-3-2-4-9-21;1-3-4-5-6-9-16-30-21-14-12-20(13-15-21)17-24-32-27(29)23(18-26(36)37)28(33-24)34(2)19-25(35)31-22-10-7-8-11-22/h2-3,6-7,10-16,26,34H,4-5,8-9,17-20H2,1H3,(H,35,39)(H,40,41);2-4,7-10,13-16,24,32H,5-6,11-12,17-20H2,1H3,(H,33,37)(H,38,39);12-15,22,30H,3-11,16-19H2,1-2H3,(H,31,35)(H,36,37)/b;10-7+;. The van der Waals surface area contributed by atoms with Gasteiger partial charge in [-0.1, -0.05) is 221 Å². The Morgan fingerprint density at radius 3 is 1.17 bits per heavy atom. The number of nitrogens with zero attached hydrogens (tertiary/aromatic N) is 9. The van der Waals surface area contributed by atoms with Crippen LogP contribution in [-0.2, 0) is 73.8 Å². The van der Waals surface area contributed by atoms with Gasteiger partial charge in [0, 0.05) is 112 Å². The van der Waals surface area contributed by atoms with Crippen LogP contribution in [0.15, 0.2) is 152 Å². The minimum absolute atomic E-state index is 0.0491. The van der Waals surface area contributed by atoms with Crippen molar-refractivity contribution < 1.29 is 44.1 Å². The van der Waals surface area contributed by atoms with Gasteiger partial charge in [0.2, 0.25) is 17.7 Å². The van der Waals surface area contributed by atoms with Gasteiger partial charge in [-0.05, 0) is 126 Å². The lowest BCUT2D eigenvalue weighted by Gasteiger charge is -2.22. The summed E-state index contributed by atoms with van der Waals surface area (Å²) in [5, 5.41) is 50.5. The van der Waals surface area contributed by atoms with Gasteiger partial charge < -0.3 is 61.9 Å². The number of rotatable bonds is 38. The summed E-state index contributed by atoms with van der Waals surface area (Å²) >= 11 is 19.4. The number of aromatic nitrogens is 6. The Bertz CT molecular complexity index is 4800. The molecule has 24 nitrogen and oxygen atoms in total. The van der Waals surface area contributed by atoms with Gasteiger partial charge >= 0.3 is 17.9 Å². The third-order valence-corrected chi connectivity index (χ3v) is 21.7. The second-order valence-electron chi connectivity index (χ2n) is 30.3. The number of likely N-dealkylation sites (N-methyl/N-ethyl adjacent to an activating group) is 3. The van der Waals surface area contributed by atoms with Crippen molar-refractivity contribution in [1.29, 1.82) is 0 Å². The number of unbranched alkanes of at least 4 members (excludes halogenated alkanes) is 4. The highest BCUT2D eigenvalue weighted by atomic mass is 35.5. The fraction of sp³-hybridized carbons (Fsp3) is 0.400. The van der Waals surface area contributed by atoms with Crippen molar-refractivity contribution in [2.24, 2.45) is 0 Å². The molecule has 27 heteroatoms. The van der Waals surface area contributed by atoms with E-state index in [0.717, 1.165) is 129 Å². The van der Waals surface area contributed by atoms with E-state index in [1.165, 1.54) is 42.0 Å². The molecule has 6 aromatic carbocycles. The van der Waals surface area contributed by atoms with E-state index in [1.807, 2.05) is 103 Å². The molecule has 0 aliphatic heterocycles. The van der Waals surface area contributed by atoms with Crippen molar-refractivity contribution in [3.05, 3.63) is 229 Å². The highest BCUT2D eigenvalue weighted by molar-refractivity contribution is 6.31. The highest BCUT2D eigenvalue weighted by Gasteiger charge is 2.27. The van der Waals surface area contributed by atoms with E-state index in [0.29, 0.717) is 84.0 Å². The van der Waals surface area contributed by atoms with Crippen LogP contribution in [0.3, 0.4) is 0 Å². The largest absolute Gasteiger partial charge is 0.481 e. The van der Waals surface area contributed by atoms with Gasteiger partial charge in [0.1, 0.15) is 50.4 Å². The molecule has 3 aromatic heterocycles. The van der Waals surface area contributed by atoms with Crippen LogP contribution >= 0.6 is 34.8 Å². The summed E-state index contributed by atoms with van der Waals surface area (Å²) in [6, 6.07) is 49.7. The van der Waals surface area contributed by atoms with Crippen molar-refractivity contribution in [3.63, 3.8) is 0 Å². The van der Waals surface area contributed by atoms with Crippen molar-refractivity contribution >= 4 is 122 Å². The predicted octanol–water partition coefficient (Wildman–Crippen LogP) is 15.8. The summed E-state index contributed by atoms with van der Waals surface area (Å²) in [5.74, 6) is -0.980. The minimum atomic E-state index is -1.04. The third kappa shape index (κ3) is 29.0. The molecule has 0 radical (unpaired) electrons. The van der Waals surface area contributed by atoms with Crippen LogP contribution in [-0.4, -0.2) is 153 Å². The molecule has 0 atom stereocenters. The lowest BCUT2D eigenvalue weighted by Crippen LogP contribution is -2.40. The number of hydrogen-bond donors (Lipinski definition) is 9. The molecule has 0 spiro atoms. The van der Waals surface area contributed by atoms with Gasteiger partial charge in [0.15, 0.2) is 0 Å². The topological polar surface area (TPSA) is 322 Å². The molecule has 117 heavy (non-hydrogen) atoms. The second-order valence-corrected chi connectivity index (χ2v) is 31.4. The van der Waals surface area contributed by atoms with Gasteiger partial charge in [-0.3, -0.25) is 28.8 Å². The van der Waals surface area contributed by atoms with Crippen LogP contribution in [0.5, 0.6) is 0 Å². The predicted molar refractivity (Wildman–Crippen MR) is 466 cm³/mol. The summed E-state index contributed by atoms with van der Waals surface area (Å²) in [7, 11) is 5.16. The average Bonchev–Trinajstić information content (AvgIpc) is 0.901. The zero-order chi connectivity index (χ0) is 83.0. The molecular weight excluding hydrogens is 1540 g/mol. The molecule has 0 unspecified atom stereocenters. The molecule has 3 fully saturated rings. The van der Waals surface area contributed by atoms with Crippen LogP contribution in [0.4, 0.5) is 34.5 Å². The highest BCUT2D eigenvalue weighted by Crippen LogP contribution is 2.31. The minimum Gasteiger partial charge on any atom is -0.481 e. The Morgan fingerprint density at radius 2 is 0.778 bits per heavy atom. The van der Waals surface area contributed by atoms with E-state index >= 15 is 0 Å². The Balaban J connectivity index is 0.000000185. The molecule has 0 bridgehead atoms. The Morgan fingerprint density at radius 1 is 0.419 bits per heavy atom. The van der Waals surface area contributed by atoms with Crippen LogP contribution in [0.1, 0.15) is 178 Å². The molecule has 618 valence electrons. The summed E-state index contributed by atoms with van der Waals surface area (Å²) < 4.78 is 0. The first-order valence-electron chi connectivity index (χ1n) is 40.6. The number of carboxylic acid groups (broad SMARTS) is 3. The molecule has 0 saturated heterocycles. The van der Waals surface area contributed by atoms with Crippen molar-refractivity contribution in [2.45, 2.75) is 179 Å². The van der Waals surface area contributed by atoms with E-state index in [-0.39, 0.29) is 90.2 Å². The quantitative estimate of drug-likeness (QED) is 0.0128. The maximum Gasteiger partial charge on any atom is 0.308 e. The van der Waals surface area contributed by atoms with Crippen LogP contribution in [0.25, 0.3) is 16.8 Å². The molecule has 9 aromatic rings. The molecule has 3 amide bonds. The average molecular weight is 1650 g/mol. The zero-order valence-electron chi connectivity index (χ0n) is 67.2. The van der Waals surface area contributed by atoms with Crippen LogP contribution in [0.2, 0.25) is 15.5 Å². The number of aliphatic carboxylic acids is 3. The number of carbonyl (C=O) groups excluding carboxylic acids is 3. The third-order valence-electron chi connectivity index (χ3n) is 20.7. The van der Waals surface area contributed by atoms with E-state index in [1.54, 1.807) is 35.8 Å². The van der Waals surface area contributed by atoms with Crippen molar-refractivity contribution in [2.75, 3.05) is 84.5 Å². The Kier molecular flexibility index (Phi) is 34.4. The number of carbonyl (C=O) groups is 6. The van der Waals surface area contributed by atoms with Crippen LogP contribution < -0.4 is 46.6 Å². The molecule has 3 saturated carbocycles. The maximum absolute atomic E-state index is 12.7. The van der Waals surface area contributed by atoms with Gasteiger partial charge in [-0.2, -0.15) is 0 Å². The number of fused-ring (bicyclic) bond motifs is 1. The molecule has 3 aliphatic carbocycles. The van der Waals surface area contributed by atoms with Gasteiger partial charge in [-0.25, -0.2) is 29.9 Å². The number of halogens is 3. The Hall–Kier alpha value is -11.0. The maximum atomic E-state index is 12.7. The van der Waals surface area contributed by atoms with Crippen molar-refractivity contribution in [1.82, 2.24) is 45.9 Å². The van der Waals surface area contributed by atoms with E-state index in [2.05, 4.69) is 123 Å². The van der Waals surface area contributed by atoms with Gasteiger partial charge in [0.05, 0.1) is 38.9 Å². The zero-order valence-corrected chi connectivity index (χ0v) is 69.5. The molecule has 3 aliphatic rings. The van der Waals surface area contributed by atoms with Crippen molar-refractivity contribution in [3.8, 4) is 0 Å². The number of hydrogen-bond acceptors (Lipinski definition) is 18. The summed E-state index contributed by atoms with van der Waals surface area (Å²) in [5.41, 5.74) is 9.30. The van der Waals surface area contributed by atoms with Crippen LogP contribution in [0, 0.1) is 0 Å². The van der Waals surface area contributed by atoms with Gasteiger partial charge in [-0.15, -0.1) is 0 Å². The molecular formula is C90H108Cl3N15O9. The summed E-state index contributed by atoms with van der Waals surface area (Å²) in [6.07, 6.45) is 23.4. The summed E-state index contributed by atoms with van der Waals surface area (Å²) in [4.78, 5) is 104. The monoisotopic (exact) mass is 1650 g/mol. The van der Waals surface area contributed by atoms with E-state index < -0.39 is 17.9 Å². The normalized spacial score (nSPS) is 13.4. The number of carboxylic acids is 3. The Labute approximate surface area is 700 Å². The summed E-state index contributed by atoms with van der Waals surface area (Å²) in [6.45, 7) is 4.74. The molecule has 3 heterocycles. The smallest absolute Gasteiger partial charge is 0.308 e. The second kappa shape index (κ2) is 45.5. The number of benzene rings is 6. The lowest BCUT2D eigenvalue weighted by atomic mass is 10.1. The number of amides is 3. The first kappa shape index (κ1) is 88.4. The fourth-order valence-corrected chi connectivity index (χ4v) is 15.4. The lowest BCUT2D eigenvalue weighted by molar-refractivity contribution is -0.137. The first-order chi connectivity index (χ1) is 56.6. The first-order valence-corrected chi connectivity index (χ1v) is 41.7. The number of anilines is 6. The van der Waals surface area contributed by atoms with E-state index in [4.69, 9.17) is 34.8 Å². The van der Waals surface area contributed by atoms with E-state index in [9.17, 15) is 44.1 Å². The molecule has 12 rings (SSSR count). The number of nitrogens with one attached hydrogen (secondary N) is 6. The SMILES string of the molecule is CCCCCCCNc1ccc(Cc2nc(Cl)c(CC(=O)O)c(N(C)CC(=O)NC3CCCC3)n2)cc1.CN(CC(=O)NC1CCCC1)c1nc(Cc2ccc(NC/C=C/c3ccccc3)cc2)nc(Cl)c1CC(=O)O.CN(CC(=O)NC1CCCC1)c1nc(Cc2ccc(NCc3ccc4ccccc4c3)cc2)nc(Cl)c1CC(=O)O.